The van der Waals surface area contributed by atoms with Crippen LogP contribution in [0, 0.1) is 11.7 Å². The number of benzene rings is 1. The lowest BCUT2D eigenvalue weighted by Gasteiger charge is -2.08. The average Bonchev–Trinajstić information content (AvgIpc) is 2.97. The molecule has 1 aliphatic rings. The molecule has 96 valence electrons. The topological polar surface area (TPSA) is 24.9 Å². The second kappa shape index (κ2) is 5.22. The smallest absolute Gasteiger partial charge is 0.183 e. The molecule has 0 aliphatic heterocycles. The highest BCUT2D eigenvalue weighted by atomic mass is 32.1. The number of thiazole rings is 1. The Balaban J connectivity index is 1.60. The van der Waals surface area contributed by atoms with E-state index in [9.17, 15) is 4.39 Å². The van der Waals surface area contributed by atoms with Gasteiger partial charge in [0.15, 0.2) is 5.13 Å². The average molecular weight is 264 g/mol. The first kappa shape index (κ1) is 11.9. The Hall–Kier alpha value is -1.16. The normalized spacial score (nSPS) is 16.5. The number of anilines is 1. The number of halogens is 1. The second-order valence-electron chi connectivity index (χ2n) is 5.00. The van der Waals surface area contributed by atoms with Crippen LogP contribution in [0.4, 0.5) is 9.52 Å². The number of hydrogen-bond donors (Lipinski definition) is 1. The molecule has 1 N–H and O–H groups in total. The molecule has 2 nitrogen and oxygen atoms in total. The maximum absolute atomic E-state index is 13.0. The molecule has 1 saturated carbocycles. The molecule has 0 amide bonds. The van der Waals surface area contributed by atoms with Crippen LogP contribution in [0.1, 0.15) is 32.1 Å². The van der Waals surface area contributed by atoms with Crippen molar-refractivity contribution in [1.82, 2.24) is 4.98 Å². The number of nitrogens with zero attached hydrogens (tertiary/aromatic N) is 1. The highest BCUT2D eigenvalue weighted by Gasteiger charge is 2.14. The molecule has 0 radical (unpaired) electrons. The molecular weight excluding hydrogens is 247 g/mol. The van der Waals surface area contributed by atoms with Gasteiger partial charge in [-0.2, -0.15) is 0 Å². The van der Waals surface area contributed by atoms with Gasteiger partial charge in [0.1, 0.15) is 5.82 Å². The maximum atomic E-state index is 13.0. The van der Waals surface area contributed by atoms with Crippen LogP contribution >= 0.6 is 11.3 Å². The lowest BCUT2D eigenvalue weighted by molar-refractivity contribution is 0.518. The summed E-state index contributed by atoms with van der Waals surface area (Å²) in [5.41, 5.74) is 0.753. The first-order valence-corrected chi connectivity index (χ1v) is 7.43. The van der Waals surface area contributed by atoms with Crippen molar-refractivity contribution in [3.8, 4) is 0 Å². The van der Waals surface area contributed by atoms with Crippen LogP contribution in [0.25, 0.3) is 10.2 Å². The SMILES string of the molecule is Fc1ccc2sc(NCCC3CCCC3)nc2c1. The summed E-state index contributed by atoms with van der Waals surface area (Å²) in [6.07, 6.45) is 6.78. The van der Waals surface area contributed by atoms with Crippen LogP contribution in [-0.4, -0.2) is 11.5 Å². The zero-order valence-corrected chi connectivity index (χ0v) is 11.1. The van der Waals surface area contributed by atoms with Crippen molar-refractivity contribution in [3.63, 3.8) is 0 Å². The molecule has 1 aromatic heterocycles. The summed E-state index contributed by atoms with van der Waals surface area (Å²) in [6, 6.07) is 4.78. The van der Waals surface area contributed by atoms with Crippen molar-refractivity contribution in [2.24, 2.45) is 5.92 Å². The van der Waals surface area contributed by atoms with Gasteiger partial charge < -0.3 is 5.32 Å². The predicted molar refractivity (Wildman–Crippen MR) is 74.6 cm³/mol. The van der Waals surface area contributed by atoms with E-state index in [1.807, 2.05) is 0 Å². The van der Waals surface area contributed by atoms with E-state index in [0.29, 0.717) is 0 Å². The molecule has 18 heavy (non-hydrogen) atoms. The molecular formula is C14H17FN2S. The van der Waals surface area contributed by atoms with E-state index < -0.39 is 0 Å². The lowest BCUT2D eigenvalue weighted by Crippen LogP contribution is -2.06. The van der Waals surface area contributed by atoms with Gasteiger partial charge in [-0.1, -0.05) is 37.0 Å². The summed E-state index contributed by atoms with van der Waals surface area (Å²) in [6.45, 7) is 0.979. The summed E-state index contributed by atoms with van der Waals surface area (Å²) < 4.78 is 14.1. The van der Waals surface area contributed by atoms with Gasteiger partial charge in [0, 0.05) is 12.6 Å². The van der Waals surface area contributed by atoms with Gasteiger partial charge in [-0.25, -0.2) is 9.37 Å². The lowest BCUT2D eigenvalue weighted by atomic mass is 10.0. The summed E-state index contributed by atoms with van der Waals surface area (Å²) in [4.78, 5) is 4.41. The number of rotatable bonds is 4. The third kappa shape index (κ3) is 2.64. The Morgan fingerprint density at radius 3 is 3.00 bits per heavy atom. The number of fused-ring (bicyclic) bond motifs is 1. The van der Waals surface area contributed by atoms with Crippen LogP contribution in [-0.2, 0) is 0 Å². The highest BCUT2D eigenvalue weighted by molar-refractivity contribution is 7.22. The van der Waals surface area contributed by atoms with Crippen molar-refractivity contribution in [2.75, 3.05) is 11.9 Å². The quantitative estimate of drug-likeness (QED) is 0.883. The first-order valence-electron chi connectivity index (χ1n) is 6.61. The van der Waals surface area contributed by atoms with E-state index in [1.165, 1.54) is 44.2 Å². The molecule has 0 bridgehead atoms. The summed E-state index contributed by atoms with van der Waals surface area (Å²) >= 11 is 1.60. The third-order valence-electron chi connectivity index (χ3n) is 3.65. The first-order chi connectivity index (χ1) is 8.81. The summed E-state index contributed by atoms with van der Waals surface area (Å²) in [7, 11) is 0. The summed E-state index contributed by atoms with van der Waals surface area (Å²) in [5, 5.41) is 4.28. The van der Waals surface area contributed by atoms with Crippen molar-refractivity contribution in [2.45, 2.75) is 32.1 Å². The monoisotopic (exact) mass is 264 g/mol. The molecule has 0 saturated heterocycles. The molecule has 1 aromatic carbocycles. The molecule has 0 unspecified atom stereocenters. The van der Waals surface area contributed by atoms with Gasteiger partial charge >= 0.3 is 0 Å². The van der Waals surface area contributed by atoms with E-state index in [4.69, 9.17) is 0 Å². The second-order valence-corrected chi connectivity index (χ2v) is 6.03. The minimum Gasteiger partial charge on any atom is -0.361 e. The fourth-order valence-corrected chi connectivity index (χ4v) is 3.53. The van der Waals surface area contributed by atoms with E-state index in [0.717, 1.165) is 27.8 Å². The van der Waals surface area contributed by atoms with Gasteiger partial charge in [-0.15, -0.1) is 0 Å². The Bertz CT molecular complexity index is 532. The van der Waals surface area contributed by atoms with Gasteiger partial charge in [-0.3, -0.25) is 0 Å². The van der Waals surface area contributed by atoms with Crippen molar-refractivity contribution >= 4 is 26.7 Å². The van der Waals surface area contributed by atoms with E-state index in [-0.39, 0.29) is 5.82 Å². The number of nitrogens with one attached hydrogen (secondary N) is 1. The molecule has 4 heteroatoms. The van der Waals surface area contributed by atoms with Crippen LogP contribution in [0.5, 0.6) is 0 Å². The number of hydrogen-bond acceptors (Lipinski definition) is 3. The third-order valence-corrected chi connectivity index (χ3v) is 4.65. The van der Waals surface area contributed by atoms with Gasteiger partial charge in [0.05, 0.1) is 10.2 Å². The minimum absolute atomic E-state index is 0.217. The highest BCUT2D eigenvalue weighted by Crippen LogP contribution is 2.29. The van der Waals surface area contributed by atoms with Gasteiger partial charge in [0.2, 0.25) is 0 Å². The molecule has 3 rings (SSSR count). The van der Waals surface area contributed by atoms with Crippen molar-refractivity contribution < 1.29 is 4.39 Å². The zero-order chi connectivity index (χ0) is 12.4. The van der Waals surface area contributed by atoms with Crippen LogP contribution in [0.2, 0.25) is 0 Å². The Morgan fingerprint density at radius 1 is 1.33 bits per heavy atom. The maximum Gasteiger partial charge on any atom is 0.183 e. The Morgan fingerprint density at radius 2 is 2.17 bits per heavy atom. The Labute approximate surface area is 110 Å². The predicted octanol–water partition coefficient (Wildman–Crippen LogP) is 4.43. The van der Waals surface area contributed by atoms with Crippen molar-refractivity contribution in [3.05, 3.63) is 24.0 Å². The van der Waals surface area contributed by atoms with Gasteiger partial charge in [0.25, 0.3) is 0 Å². The molecule has 1 fully saturated rings. The molecule has 1 aliphatic carbocycles. The largest absolute Gasteiger partial charge is 0.361 e. The van der Waals surface area contributed by atoms with E-state index in [2.05, 4.69) is 10.3 Å². The summed E-state index contributed by atoms with van der Waals surface area (Å²) in [5.74, 6) is 0.676. The van der Waals surface area contributed by atoms with Crippen LogP contribution < -0.4 is 5.32 Å². The van der Waals surface area contributed by atoms with Crippen LogP contribution in [0.15, 0.2) is 18.2 Å². The zero-order valence-electron chi connectivity index (χ0n) is 10.3. The molecule has 2 aromatic rings. The fourth-order valence-electron chi connectivity index (χ4n) is 2.66. The standard InChI is InChI=1S/C14H17FN2S/c15-11-5-6-13-12(9-11)17-14(18-13)16-8-7-10-3-1-2-4-10/h5-6,9-10H,1-4,7-8H2,(H,16,17). The van der Waals surface area contributed by atoms with Gasteiger partial charge in [-0.05, 0) is 24.5 Å². The number of aromatic nitrogens is 1. The fraction of sp³-hybridized carbons (Fsp3) is 0.500. The minimum atomic E-state index is -0.217. The van der Waals surface area contributed by atoms with E-state index >= 15 is 0 Å². The van der Waals surface area contributed by atoms with Crippen molar-refractivity contribution in [1.29, 1.82) is 0 Å². The molecule has 0 atom stereocenters. The Kier molecular flexibility index (Phi) is 3.46. The van der Waals surface area contributed by atoms with E-state index in [1.54, 1.807) is 17.4 Å². The molecule has 0 spiro atoms. The van der Waals surface area contributed by atoms with Crippen LogP contribution in [0.3, 0.4) is 0 Å². The molecule has 1 heterocycles.